The maximum Gasteiger partial charge on any atom is 1.00 e. The Bertz CT molecular complexity index is 534. The monoisotopic (exact) mass is 339 g/mol. The number of allylic oxidation sites excluding steroid dienone is 3. The molecule has 0 amide bonds. The Morgan fingerprint density at radius 3 is 2.48 bits per heavy atom. The molecule has 0 aromatic heterocycles. The van der Waals surface area contributed by atoms with Crippen LogP contribution in [-0.2, 0) is 9.47 Å². The normalized spacial score (nSPS) is 44.7. The van der Waals surface area contributed by atoms with Crippen molar-refractivity contribution >= 4 is 0 Å². The van der Waals surface area contributed by atoms with Crippen LogP contribution in [0.15, 0.2) is 17.2 Å². The predicted octanol–water partition coefficient (Wildman–Crippen LogP) is 1.48. The van der Waals surface area contributed by atoms with E-state index in [1.165, 1.54) is 12.8 Å². The van der Waals surface area contributed by atoms with E-state index in [0.717, 1.165) is 38.9 Å². The molecule has 3 heteroatoms. The SMILES string of the molecule is [CH-]=CC1(C)C2=C(CCC1[CH2-])C1CCC3(OCCO3)C1(C)CC2.[K+]. The second-order valence-corrected chi connectivity index (χ2v) is 8.15. The van der Waals surface area contributed by atoms with Crippen LogP contribution in [0.3, 0.4) is 0 Å². The summed E-state index contributed by atoms with van der Waals surface area (Å²) in [6.07, 6.45) is 8.74. The van der Waals surface area contributed by atoms with Gasteiger partial charge in [0.05, 0.1) is 13.2 Å². The Morgan fingerprint density at radius 2 is 1.83 bits per heavy atom. The number of hydrogen-bond acceptors (Lipinski definition) is 2. The average molecular weight is 340 g/mol. The van der Waals surface area contributed by atoms with Crippen molar-refractivity contribution in [2.75, 3.05) is 13.2 Å². The van der Waals surface area contributed by atoms with Crippen LogP contribution < -0.4 is 51.4 Å². The van der Waals surface area contributed by atoms with Gasteiger partial charge in [-0.3, -0.25) is 6.08 Å². The van der Waals surface area contributed by atoms with E-state index in [9.17, 15) is 0 Å². The summed E-state index contributed by atoms with van der Waals surface area (Å²) >= 11 is 0. The Balaban J connectivity index is 0.00000156. The molecule has 1 aliphatic heterocycles. The van der Waals surface area contributed by atoms with Crippen molar-refractivity contribution in [3.8, 4) is 0 Å². The van der Waals surface area contributed by atoms with Crippen LogP contribution in [-0.4, -0.2) is 19.0 Å². The van der Waals surface area contributed by atoms with Crippen molar-refractivity contribution in [1.82, 2.24) is 0 Å². The third-order valence-electron chi connectivity index (χ3n) is 7.46. The minimum atomic E-state index is -0.319. The van der Waals surface area contributed by atoms with E-state index in [1.807, 2.05) is 6.08 Å². The zero-order chi connectivity index (χ0) is 15.6. The number of rotatable bonds is 1. The summed E-state index contributed by atoms with van der Waals surface area (Å²) in [5, 5.41) is 0. The predicted molar refractivity (Wildman–Crippen MR) is 86.8 cm³/mol. The first-order valence-electron chi connectivity index (χ1n) is 8.86. The van der Waals surface area contributed by atoms with Crippen molar-refractivity contribution in [2.45, 2.75) is 58.2 Å². The fourth-order valence-electron chi connectivity index (χ4n) is 5.86. The summed E-state index contributed by atoms with van der Waals surface area (Å²) < 4.78 is 12.3. The summed E-state index contributed by atoms with van der Waals surface area (Å²) in [4.78, 5) is 0. The topological polar surface area (TPSA) is 18.5 Å². The fraction of sp³-hybridized carbons (Fsp3) is 0.750. The number of ether oxygens (including phenoxy) is 2. The van der Waals surface area contributed by atoms with Gasteiger partial charge < -0.3 is 23.0 Å². The smallest absolute Gasteiger partial charge is 0.517 e. The van der Waals surface area contributed by atoms with Crippen molar-refractivity contribution in [2.24, 2.45) is 22.7 Å². The summed E-state index contributed by atoms with van der Waals surface area (Å²) in [6.45, 7) is 16.7. The summed E-state index contributed by atoms with van der Waals surface area (Å²) in [7, 11) is 0. The first-order valence-corrected chi connectivity index (χ1v) is 8.86. The molecule has 4 rings (SSSR count). The zero-order valence-corrected chi connectivity index (χ0v) is 18.1. The van der Waals surface area contributed by atoms with Gasteiger partial charge in [0.15, 0.2) is 5.79 Å². The van der Waals surface area contributed by atoms with Gasteiger partial charge >= 0.3 is 51.4 Å². The molecule has 0 aromatic rings. The molecule has 2 nitrogen and oxygen atoms in total. The van der Waals surface area contributed by atoms with Gasteiger partial charge in [0.1, 0.15) is 0 Å². The third kappa shape index (κ3) is 2.41. The zero-order valence-electron chi connectivity index (χ0n) is 15.0. The van der Waals surface area contributed by atoms with Crippen LogP contribution >= 0.6 is 0 Å². The van der Waals surface area contributed by atoms with Crippen LogP contribution in [0.5, 0.6) is 0 Å². The summed E-state index contributed by atoms with van der Waals surface area (Å²) in [5.74, 6) is 0.677. The maximum atomic E-state index is 6.16. The summed E-state index contributed by atoms with van der Waals surface area (Å²) in [5.41, 5.74) is 3.35. The average Bonchev–Trinajstić information content (AvgIpc) is 3.10. The minimum Gasteiger partial charge on any atom is -0.517 e. The third-order valence-corrected chi connectivity index (χ3v) is 7.46. The van der Waals surface area contributed by atoms with E-state index < -0.39 is 0 Å². The fourth-order valence-corrected chi connectivity index (χ4v) is 5.86. The van der Waals surface area contributed by atoms with Crippen LogP contribution in [0.2, 0.25) is 0 Å². The van der Waals surface area contributed by atoms with Crippen LogP contribution in [0.25, 0.3) is 0 Å². The molecule has 1 saturated heterocycles. The van der Waals surface area contributed by atoms with E-state index in [4.69, 9.17) is 16.1 Å². The van der Waals surface area contributed by atoms with Crippen LogP contribution in [0, 0.1) is 36.2 Å². The summed E-state index contributed by atoms with van der Waals surface area (Å²) in [6, 6.07) is 0. The molecule has 0 bridgehead atoms. The molecule has 0 N–H and O–H groups in total. The van der Waals surface area contributed by atoms with Crippen molar-refractivity contribution < 1.29 is 60.9 Å². The van der Waals surface area contributed by atoms with E-state index >= 15 is 0 Å². The molecule has 4 atom stereocenters. The maximum absolute atomic E-state index is 6.16. The molecule has 23 heavy (non-hydrogen) atoms. The molecule has 122 valence electrons. The molecular formula is C20H28KO2-. The van der Waals surface area contributed by atoms with E-state index in [0.29, 0.717) is 11.8 Å². The van der Waals surface area contributed by atoms with E-state index in [2.05, 4.69) is 20.8 Å². The van der Waals surface area contributed by atoms with Gasteiger partial charge in [-0.25, -0.2) is 0 Å². The minimum absolute atomic E-state index is 0. The standard InChI is InChI=1S/C20H28O2.K/c1-5-18(3)14(2)6-7-15-16(18)8-10-19(4)17(15)9-11-20(19)21-12-13-22-20;/h1,5,14,17H,2,6-13H2,3-4H3;/q-2;+1. The molecular weight excluding hydrogens is 311 g/mol. The van der Waals surface area contributed by atoms with Gasteiger partial charge in [-0.15, -0.1) is 0 Å². The molecule has 1 heterocycles. The van der Waals surface area contributed by atoms with Gasteiger partial charge in [0, 0.05) is 11.8 Å². The first kappa shape index (κ1) is 18.8. The molecule has 1 saturated carbocycles. The number of hydrogen-bond donors (Lipinski definition) is 0. The van der Waals surface area contributed by atoms with Gasteiger partial charge in [0.25, 0.3) is 0 Å². The van der Waals surface area contributed by atoms with Gasteiger partial charge in [-0.1, -0.05) is 31.4 Å². The van der Waals surface area contributed by atoms with Crippen molar-refractivity contribution in [1.29, 1.82) is 0 Å². The molecule has 1 spiro atoms. The van der Waals surface area contributed by atoms with E-state index in [1.54, 1.807) is 11.1 Å². The molecule has 3 aliphatic carbocycles. The molecule has 0 aromatic carbocycles. The second kappa shape index (κ2) is 6.33. The Labute approximate surface area is 183 Å². The molecule has 0 radical (unpaired) electrons. The molecule has 4 unspecified atom stereocenters. The number of fused-ring (bicyclic) bond motifs is 3. The van der Waals surface area contributed by atoms with Gasteiger partial charge in [-0.05, 0) is 37.0 Å². The van der Waals surface area contributed by atoms with Gasteiger partial charge in [0.2, 0.25) is 0 Å². The second-order valence-electron chi connectivity index (χ2n) is 8.15. The van der Waals surface area contributed by atoms with Crippen LogP contribution in [0.4, 0.5) is 0 Å². The van der Waals surface area contributed by atoms with Crippen molar-refractivity contribution in [3.63, 3.8) is 0 Å². The Hall–Kier alpha value is 1.04. The quantitative estimate of drug-likeness (QED) is 0.409. The molecule has 2 fully saturated rings. The van der Waals surface area contributed by atoms with Crippen molar-refractivity contribution in [3.05, 3.63) is 30.7 Å². The van der Waals surface area contributed by atoms with Gasteiger partial charge in [-0.2, -0.15) is 5.92 Å². The van der Waals surface area contributed by atoms with Crippen LogP contribution in [0.1, 0.15) is 52.4 Å². The van der Waals surface area contributed by atoms with E-state index in [-0.39, 0.29) is 68.0 Å². The Morgan fingerprint density at radius 1 is 1.13 bits per heavy atom. The largest absolute Gasteiger partial charge is 1.00 e. The Kier molecular flexibility index (Phi) is 5.18. The first-order chi connectivity index (χ1) is 10.5. The molecule has 4 aliphatic rings.